The zero-order chi connectivity index (χ0) is 12.9. The van der Waals surface area contributed by atoms with E-state index in [-0.39, 0.29) is 0 Å². The van der Waals surface area contributed by atoms with Crippen LogP contribution in [0, 0.1) is 0 Å². The molecule has 0 bridgehead atoms. The van der Waals surface area contributed by atoms with Crippen LogP contribution in [0.5, 0.6) is 0 Å². The van der Waals surface area contributed by atoms with E-state index in [4.69, 9.17) is 0 Å². The molecular formula is C8H11F6PS. The Hall–Kier alpha value is -0.420. The second kappa shape index (κ2) is 4.45. The van der Waals surface area contributed by atoms with Crippen molar-refractivity contribution in [3.8, 4) is 0 Å². The van der Waals surface area contributed by atoms with Crippen molar-refractivity contribution >= 4 is 20.4 Å². The molecule has 0 nitrogen and oxygen atoms in total. The van der Waals surface area contributed by atoms with Crippen molar-refractivity contribution < 1.29 is 25.2 Å². The molecule has 0 aromatic heterocycles. The van der Waals surface area contributed by atoms with Crippen LogP contribution in [-0.2, 0) is 19.0 Å². The van der Waals surface area contributed by atoms with Gasteiger partial charge in [-0.25, -0.2) is 0 Å². The molecule has 0 amide bonds. The van der Waals surface area contributed by atoms with Crippen LogP contribution >= 0.6 is 7.81 Å². The summed E-state index contributed by atoms with van der Waals surface area (Å²) in [4.78, 5) is 0. The fraction of sp³-hybridized carbons (Fsp3) is 0.250. The maximum absolute atomic E-state index is 10.7. The van der Waals surface area contributed by atoms with E-state index >= 15 is 0 Å². The molecule has 16 heavy (non-hydrogen) atoms. The Morgan fingerprint density at radius 3 is 1.56 bits per heavy atom. The van der Waals surface area contributed by atoms with Crippen LogP contribution in [0.25, 0.3) is 0 Å². The Labute approximate surface area is 94.3 Å². The van der Waals surface area contributed by atoms with Crippen molar-refractivity contribution in [1.29, 1.82) is 0 Å². The molecule has 0 aliphatic heterocycles. The zero-order valence-electron chi connectivity index (χ0n) is 8.02. The Balaban J connectivity index is 0.000000293. The third-order valence-electron chi connectivity index (χ3n) is 1.26. The summed E-state index contributed by atoms with van der Waals surface area (Å²) < 4.78 is 59.2. The van der Waals surface area contributed by atoms with Gasteiger partial charge in [-0.2, -0.15) is 0 Å². The van der Waals surface area contributed by atoms with Gasteiger partial charge in [-0.15, -0.1) is 0 Å². The number of aryl methyl sites for hydroxylation is 1. The molecule has 0 unspecified atom stereocenters. The van der Waals surface area contributed by atoms with Gasteiger partial charge in [0.05, 0.1) is 0 Å². The van der Waals surface area contributed by atoms with Crippen LogP contribution in [0.4, 0.5) is 25.2 Å². The van der Waals surface area contributed by atoms with E-state index in [0.717, 1.165) is 12.2 Å². The monoisotopic (exact) mass is 284 g/mol. The normalized spacial score (nSPS) is 15.4. The summed E-state index contributed by atoms with van der Waals surface area (Å²) in [5, 5.41) is 0. The average Bonchev–Trinajstić information content (AvgIpc) is 2.01. The van der Waals surface area contributed by atoms with Gasteiger partial charge in [-0.3, -0.25) is 0 Å². The first-order valence-electron chi connectivity index (χ1n) is 4.13. The molecule has 0 radical (unpaired) electrons. The van der Waals surface area contributed by atoms with Gasteiger partial charge >= 0.3 is 33.0 Å². The molecule has 1 aromatic carbocycles. The quantitative estimate of drug-likeness (QED) is 0.422. The third-order valence-corrected chi connectivity index (χ3v) is 1.51. The second-order valence-electron chi connectivity index (χ2n) is 2.94. The first kappa shape index (κ1) is 15.6. The molecule has 0 saturated heterocycles. The van der Waals surface area contributed by atoms with Crippen LogP contribution in [-0.4, -0.2) is 5.75 Å². The predicted molar refractivity (Wildman–Crippen MR) is 58.7 cm³/mol. The first-order valence-corrected chi connectivity index (χ1v) is 6.87. The molecule has 1 aromatic rings. The van der Waals surface area contributed by atoms with Gasteiger partial charge in [-0.05, 0) is 18.2 Å². The molecule has 0 N–H and O–H groups in total. The molecule has 8 heteroatoms. The Kier molecular flexibility index (Phi) is 4.33. The summed E-state index contributed by atoms with van der Waals surface area (Å²) >= 11 is 3.43. The second-order valence-corrected chi connectivity index (χ2v) is 5.36. The van der Waals surface area contributed by atoms with Crippen LogP contribution < -0.4 is 0 Å². The van der Waals surface area contributed by atoms with Crippen molar-refractivity contribution in [3.05, 3.63) is 35.9 Å². The minimum Gasteiger partial charge on any atom is -0.0622 e. The fourth-order valence-electron chi connectivity index (χ4n) is 0.789. The van der Waals surface area contributed by atoms with Crippen molar-refractivity contribution in [2.75, 3.05) is 5.75 Å². The molecule has 0 spiro atoms. The van der Waals surface area contributed by atoms with Gasteiger partial charge < -0.3 is 0 Å². The Bertz CT molecular complexity index is 306. The van der Waals surface area contributed by atoms with Crippen LogP contribution in [0.3, 0.4) is 0 Å². The van der Waals surface area contributed by atoms with E-state index in [2.05, 4.69) is 36.9 Å². The fourth-order valence-corrected chi connectivity index (χ4v) is 1.08. The zero-order valence-corrected chi connectivity index (χ0v) is 9.91. The number of benzene rings is 1. The van der Waals surface area contributed by atoms with E-state index in [1.807, 2.05) is 6.07 Å². The maximum atomic E-state index is 9.87. The van der Waals surface area contributed by atoms with Gasteiger partial charge in [0.15, 0.2) is 0 Å². The predicted octanol–water partition coefficient (Wildman–Crippen LogP) is 4.62. The molecule has 0 heterocycles. The van der Waals surface area contributed by atoms with Crippen molar-refractivity contribution in [2.45, 2.75) is 6.42 Å². The number of halogens is 6. The van der Waals surface area contributed by atoms with E-state index in [1.54, 1.807) is 0 Å². The van der Waals surface area contributed by atoms with E-state index < -0.39 is 7.81 Å². The van der Waals surface area contributed by atoms with Gasteiger partial charge in [0.1, 0.15) is 5.75 Å². The van der Waals surface area contributed by atoms with Crippen molar-refractivity contribution in [1.82, 2.24) is 0 Å². The molecule has 0 atom stereocenters. The Morgan fingerprint density at radius 2 is 1.25 bits per heavy atom. The maximum Gasteiger partial charge on any atom is 0.107 e. The largest absolute Gasteiger partial charge is 0.107 e. The number of hydrogen-bond acceptors (Lipinski definition) is 0. The van der Waals surface area contributed by atoms with Gasteiger partial charge in [0.25, 0.3) is 0 Å². The summed E-state index contributed by atoms with van der Waals surface area (Å²) in [6.07, 6.45) is 1.12. The minimum absolute atomic E-state index is 1.05. The number of rotatable bonds is 2. The number of hydrogen-bond donors (Lipinski definition) is 0. The van der Waals surface area contributed by atoms with Gasteiger partial charge in [0, 0.05) is 6.42 Å². The van der Waals surface area contributed by atoms with Crippen LogP contribution in [0.2, 0.25) is 0 Å². The van der Waals surface area contributed by atoms with Crippen LogP contribution in [0.15, 0.2) is 30.3 Å². The standard InChI is InChI=1S/C8H10S.F6P/c9-7-6-8-4-2-1-3-5-8;1-7(2,3,4,5)6/h1-5,9H,6-7H2;/q;-1/p+1. The topological polar surface area (TPSA) is 0 Å². The summed E-state index contributed by atoms with van der Waals surface area (Å²) in [6, 6.07) is 10.5. The van der Waals surface area contributed by atoms with Crippen LogP contribution in [0.1, 0.15) is 5.56 Å². The van der Waals surface area contributed by atoms with E-state index in [9.17, 15) is 25.2 Å². The summed E-state index contributed by atoms with van der Waals surface area (Å²) in [7, 11) is -10.7. The SMILES string of the molecule is F[P-](F)(F)(F)(F)F.[SH2+]CCc1ccccc1. The smallest absolute Gasteiger partial charge is 0.0622 e. The third kappa shape index (κ3) is 19.2. The molecule has 0 fully saturated rings. The molecule has 1 rings (SSSR count). The molecule has 96 valence electrons. The minimum atomic E-state index is -10.7. The molecule has 0 aliphatic rings. The van der Waals surface area contributed by atoms with E-state index in [0.29, 0.717) is 0 Å². The van der Waals surface area contributed by atoms with Crippen molar-refractivity contribution in [2.24, 2.45) is 0 Å². The van der Waals surface area contributed by atoms with Gasteiger partial charge in [-0.1, -0.05) is 30.3 Å². The molecule has 0 saturated carbocycles. The van der Waals surface area contributed by atoms with Gasteiger partial charge in [0.2, 0.25) is 0 Å². The summed E-state index contributed by atoms with van der Waals surface area (Å²) in [6.45, 7) is 0. The average molecular weight is 284 g/mol. The first-order chi connectivity index (χ1) is 6.88. The molecular weight excluding hydrogens is 273 g/mol. The Morgan fingerprint density at radius 1 is 0.875 bits per heavy atom. The summed E-state index contributed by atoms with van der Waals surface area (Å²) in [5.41, 5.74) is 1.40. The van der Waals surface area contributed by atoms with E-state index in [1.165, 1.54) is 5.56 Å². The summed E-state index contributed by atoms with van der Waals surface area (Å²) in [5.74, 6) is 1.05. The van der Waals surface area contributed by atoms with Crippen molar-refractivity contribution in [3.63, 3.8) is 0 Å². The molecule has 0 aliphatic carbocycles.